The molecule has 1 amide bonds. The van der Waals surface area contributed by atoms with E-state index in [1.165, 1.54) is 13.8 Å². The van der Waals surface area contributed by atoms with Crippen LogP contribution in [0.5, 0.6) is 0 Å². The summed E-state index contributed by atoms with van der Waals surface area (Å²) in [4.78, 5) is 34.3. The molecule has 0 aliphatic heterocycles. The van der Waals surface area contributed by atoms with Gasteiger partial charge in [-0.3, -0.25) is 9.59 Å². The van der Waals surface area contributed by atoms with E-state index in [9.17, 15) is 27.6 Å². The maximum Gasteiger partial charge on any atom is 0.488 e. The Balaban J connectivity index is 3.28. The summed E-state index contributed by atoms with van der Waals surface area (Å²) >= 11 is 0. The first-order valence-electron chi connectivity index (χ1n) is 7.41. The van der Waals surface area contributed by atoms with Gasteiger partial charge >= 0.3 is 12.3 Å². The Kier molecular flexibility index (Phi) is 6.55. The molecule has 0 saturated heterocycles. The molecule has 0 aromatic heterocycles. The zero-order valence-electron chi connectivity index (χ0n) is 13.9. The number of benzene rings is 1. The summed E-state index contributed by atoms with van der Waals surface area (Å²) in [7, 11) is 0. The third-order valence-electron chi connectivity index (χ3n) is 3.42. The van der Waals surface area contributed by atoms with Crippen LogP contribution in [-0.4, -0.2) is 46.1 Å². The van der Waals surface area contributed by atoms with E-state index in [0.717, 1.165) is 0 Å². The molecule has 0 saturated carbocycles. The van der Waals surface area contributed by atoms with Gasteiger partial charge < -0.3 is 10.4 Å². The molecule has 25 heavy (non-hydrogen) atoms. The summed E-state index contributed by atoms with van der Waals surface area (Å²) in [6.45, 7) is 3.72. The molecule has 6 nitrogen and oxygen atoms in total. The lowest BCUT2D eigenvalue weighted by Crippen LogP contribution is -2.60. The Hall–Kier alpha value is -2.58. The van der Waals surface area contributed by atoms with Gasteiger partial charge in [0.15, 0.2) is 11.8 Å². The first-order chi connectivity index (χ1) is 11.5. The molecular formula is C16H19F3N2O4. The van der Waals surface area contributed by atoms with Crippen LogP contribution in [0, 0.1) is 5.92 Å². The lowest BCUT2D eigenvalue weighted by molar-refractivity contribution is -0.251. The molecule has 0 aliphatic carbocycles. The topological polar surface area (TPSA) is 86.7 Å². The van der Waals surface area contributed by atoms with Crippen molar-refractivity contribution < 1.29 is 32.7 Å². The van der Waals surface area contributed by atoms with Gasteiger partial charge in [0.2, 0.25) is 0 Å². The van der Waals surface area contributed by atoms with Crippen molar-refractivity contribution in [3.05, 3.63) is 30.3 Å². The Morgan fingerprint density at radius 3 is 2.00 bits per heavy atom. The monoisotopic (exact) mass is 360 g/mol. The second kappa shape index (κ2) is 8.00. The fraction of sp³-hybridized carbons (Fsp3) is 0.438. The van der Waals surface area contributed by atoms with Crippen LogP contribution < -0.4 is 5.32 Å². The number of Topliss-reactive ketones (excluding diaryl/α,β-unsaturated/α-hetero) is 1. The van der Waals surface area contributed by atoms with Gasteiger partial charge in [-0.1, -0.05) is 32.0 Å². The van der Waals surface area contributed by atoms with E-state index in [1.54, 1.807) is 30.3 Å². The van der Waals surface area contributed by atoms with Gasteiger partial charge in [-0.2, -0.15) is 0 Å². The van der Waals surface area contributed by atoms with Crippen LogP contribution in [0.4, 0.5) is 18.9 Å². The van der Waals surface area contributed by atoms with E-state index >= 15 is 0 Å². The molecule has 0 radical (unpaired) electrons. The number of aliphatic carboxylic acids is 1. The standard InChI is InChI=1S/C16H19F3N2O4/c1-9(2)12(20-11-7-5-4-6-8-11)14(23)21(16(17,18)19)13(10(3)22)15(24)25/h4-9,12-13,20H,1-3H3,(H,24,25). The van der Waals surface area contributed by atoms with Gasteiger partial charge in [0.05, 0.1) is 0 Å². The molecule has 1 rings (SSSR count). The van der Waals surface area contributed by atoms with Crippen LogP contribution in [0.1, 0.15) is 20.8 Å². The fourth-order valence-electron chi connectivity index (χ4n) is 2.24. The first kappa shape index (κ1) is 20.5. The fourth-order valence-corrected chi connectivity index (χ4v) is 2.24. The highest BCUT2D eigenvalue weighted by Crippen LogP contribution is 2.28. The summed E-state index contributed by atoms with van der Waals surface area (Å²) in [5, 5.41) is 11.7. The number of amides is 1. The predicted molar refractivity (Wildman–Crippen MR) is 83.7 cm³/mol. The molecule has 0 aliphatic rings. The first-order valence-corrected chi connectivity index (χ1v) is 7.41. The van der Waals surface area contributed by atoms with Crippen molar-refractivity contribution in [1.82, 2.24) is 4.90 Å². The number of rotatable bonds is 7. The summed E-state index contributed by atoms with van der Waals surface area (Å²) in [5.74, 6) is -5.46. The predicted octanol–water partition coefficient (Wildman–Crippen LogP) is 2.51. The van der Waals surface area contributed by atoms with Crippen LogP contribution in [0.3, 0.4) is 0 Å². The van der Waals surface area contributed by atoms with Crippen LogP contribution in [-0.2, 0) is 14.4 Å². The van der Waals surface area contributed by atoms with Gasteiger partial charge in [-0.05, 0) is 25.0 Å². The van der Waals surface area contributed by atoms with Crippen molar-refractivity contribution >= 4 is 23.3 Å². The molecule has 0 fully saturated rings. The zero-order valence-corrected chi connectivity index (χ0v) is 13.9. The Labute approximate surface area is 142 Å². The smallest absolute Gasteiger partial charge is 0.479 e. The number of ketones is 1. The summed E-state index contributed by atoms with van der Waals surface area (Å²) in [5.41, 5.74) is 0.395. The lowest BCUT2D eigenvalue weighted by atomic mass is 10.0. The minimum atomic E-state index is -5.32. The summed E-state index contributed by atoms with van der Waals surface area (Å²) < 4.78 is 40.1. The number of carboxylic acid groups (broad SMARTS) is 1. The number of carboxylic acids is 1. The third kappa shape index (κ3) is 5.20. The molecular weight excluding hydrogens is 341 g/mol. The Morgan fingerprint density at radius 1 is 1.12 bits per heavy atom. The van der Waals surface area contributed by atoms with Gasteiger partial charge in [0.1, 0.15) is 6.04 Å². The van der Waals surface area contributed by atoms with Crippen molar-refractivity contribution in [2.45, 2.75) is 39.2 Å². The number of hydrogen-bond donors (Lipinski definition) is 2. The number of nitrogens with zero attached hydrogens (tertiary/aromatic N) is 1. The molecule has 138 valence electrons. The van der Waals surface area contributed by atoms with Crippen LogP contribution in [0.2, 0.25) is 0 Å². The highest BCUT2D eigenvalue weighted by molar-refractivity contribution is 6.05. The number of para-hydroxylation sites is 1. The number of carbonyl (C=O) groups is 3. The van der Waals surface area contributed by atoms with Crippen molar-refractivity contribution in [1.29, 1.82) is 0 Å². The van der Waals surface area contributed by atoms with E-state index in [4.69, 9.17) is 5.11 Å². The van der Waals surface area contributed by atoms with E-state index in [1.807, 2.05) is 0 Å². The maximum atomic E-state index is 13.4. The van der Waals surface area contributed by atoms with Crippen molar-refractivity contribution in [2.24, 2.45) is 5.92 Å². The normalized spacial score (nSPS) is 13.9. The molecule has 0 heterocycles. The second-order valence-electron chi connectivity index (χ2n) is 5.76. The number of carbonyl (C=O) groups excluding carboxylic acids is 2. The van der Waals surface area contributed by atoms with E-state index in [2.05, 4.69) is 5.32 Å². The zero-order chi connectivity index (χ0) is 19.4. The highest BCUT2D eigenvalue weighted by atomic mass is 19.4. The molecule has 2 unspecified atom stereocenters. The van der Waals surface area contributed by atoms with E-state index in [-0.39, 0.29) is 0 Å². The number of nitrogens with one attached hydrogen (secondary N) is 1. The van der Waals surface area contributed by atoms with Gasteiger partial charge in [-0.15, -0.1) is 13.2 Å². The number of alkyl halides is 3. The van der Waals surface area contributed by atoms with Gasteiger partial charge in [-0.25, -0.2) is 9.69 Å². The number of halogens is 3. The van der Waals surface area contributed by atoms with Crippen molar-refractivity contribution in [2.75, 3.05) is 5.32 Å². The summed E-state index contributed by atoms with van der Waals surface area (Å²) in [6, 6.07) is 4.05. The average Bonchev–Trinajstić information content (AvgIpc) is 2.48. The van der Waals surface area contributed by atoms with E-state index in [0.29, 0.717) is 12.6 Å². The Bertz CT molecular complexity index is 618. The quantitative estimate of drug-likeness (QED) is 0.576. The molecule has 0 bridgehead atoms. The Morgan fingerprint density at radius 2 is 1.64 bits per heavy atom. The molecule has 2 N–H and O–H groups in total. The van der Waals surface area contributed by atoms with Crippen LogP contribution >= 0.6 is 0 Å². The largest absolute Gasteiger partial charge is 0.488 e. The van der Waals surface area contributed by atoms with Gasteiger partial charge in [0.25, 0.3) is 5.91 Å². The lowest BCUT2D eigenvalue weighted by Gasteiger charge is -2.34. The van der Waals surface area contributed by atoms with Crippen molar-refractivity contribution in [3.8, 4) is 0 Å². The third-order valence-corrected chi connectivity index (χ3v) is 3.42. The van der Waals surface area contributed by atoms with E-state index < -0.39 is 46.9 Å². The average molecular weight is 360 g/mol. The van der Waals surface area contributed by atoms with Crippen LogP contribution in [0.15, 0.2) is 30.3 Å². The second-order valence-corrected chi connectivity index (χ2v) is 5.76. The highest BCUT2D eigenvalue weighted by Gasteiger charge is 2.52. The maximum absolute atomic E-state index is 13.4. The van der Waals surface area contributed by atoms with Gasteiger partial charge in [0, 0.05) is 5.69 Å². The van der Waals surface area contributed by atoms with Crippen LogP contribution in [0.25, 0.3) is 0 Å². The molecule has 1 aromatic carbocycles. The molecule has 1 aromatic rings. The number of hydrogen-bond acceptors (Lipinski definition) is 4. The molecule has 9 heteroatoms. The number of anilines is 1. The molecule has 2 atom stereocenters. The minimum Gasteiger partial charge on any atom is -0.479 e. The SMILES string of the molecule is CC(=O)C(C(=O)O)N(C(=O)C(Nc1ccccc1)C(C)C)C(F)(F)F. The minimum absolute atomic E-state index is 0.395. The molecule has 0 spiro atoms. The van der Waals surface area contributed by atoms with Crippen molar-refractivity contribution in [3.63, 3.8) is 0 Å². The summed E-state index contributed by atoms with van der Waals surface area (Å²) in [6.07, 6.45) is -5.32.